The first-order valence-corrected chi connectivity index (χ1v) is 7.64. The summed E-state index contributed by atoms with van der Waals surface area (Å²) in [5.41, 5.74) is 2.84. The van der Waals surface area contributed by atoms with E-state index in [1.165, 1.54) is 32.1 Å². The van der Waals surface area contributed by atoms with Gasteiger partial charge < -0.3 is 5.32 Å². The van der Waals surface area contributed by atoms with Crippen LogP contribution in [0, 0.1) is 17.2 Å². The summed E-state index contributed by atoms with van der Waals surface area (Å²) >= 11 is 0. The Morgan fingerprint density at radius 3 is 2.90 bits per heavy atom. The fourth-order valence-electron chi connectivity index (χ4n) is 3.29. The summed E-state index contributed by atoms with van der Waals surface area (Å²) in [5.74, 6) is 0.539. The molecule has 1 aromatic heterocycles. The Balaban J connectivity index is 1.85. The molecule has 2 aliphatic carbocycles. The molecular weight excluding hydrogens is 262 g/mol. The fraction of sp³-hybridized carbons (Fsp3) is 0.471. The van der Waals surface area contributed by atoms with Crippen molar-refractivity contribution in [2.75, 3.05) is 6.54 Å². The maximum atomic E-state index is 12.1. The van der Waals surface area contributed by atoms with Crippen molar-refractivity contribution in [3.05, 3.63) is 35.2 Å². The van der Waals surface area contributed by atoms with Crippen molar-refractivity contribution in [1.82, 2.24) is 10.3 Å². The van der Waals surface area contributed by atoms with Crippen molar-refractivity contribution < 1.29 is 4.79 Å². The van der Waals surface area contributed by atoms with E-state index in [-0.39, 0.29) is 17.8 Å². The zero-order valence-corrected chi connectivity index (χ0v) is 12.1. The Hall–Kier alpha value is -2.15. The lowest BCUT2D eigenvalue weighted by molar-refractivity contribution is -0.114. The van der Waals surface area contributed by atoms with Gasteiger partial charge in [-0.1, -0.05) is 19.3 Å². The van der Waals surface area contributed by atoms with Crippen molar-refractivity contribution >= 4 is 11.5 Å². The van der Waals surface area contributed by atoms with Gasteiger partial charge in [-0.3, -0.25) is 9.78 Å². The molecule has 0 spiro atoms. The van der Waals surface area contributed by atoms with E-state index in [4.69, 9.17) is 0 Å². The van der Waals surface area contributed by atoms with Crippen molar-refractivity contribution in [3.63, 3.8) is 0 Å². The number of carbonyl (C=O) groups excluding carboxylic acids is 1. The van der Waals surface area contributed by atoms with Crippen LogP contribution >= 0.6 is 0 Å². The van der Waals surface area contributed by atoms with Crippen molar-refractivity contribution in [3.8, 4) is 6.07 Å². The molecular formula is C17H19N3O. The van der Waals surface area contributed by atoms with Crippen molar-refractivity contribution in [2.24, 2.45) is 5.92 Å². The molecule has 0 unspecified atom stereocenters. The molecule has 0 saturated heterocycles. The van der Waals surface area contributed by atoms with Gasteiger partial charge in [0.2, 0.25) is 0 Å². The largest absolute Gasteiger partial charge is 0.383 e. The predicted octanol–water partition coefficient (Wildman–Crippen LogP) is 2.61. The molecule has 1 fully saturated rings. The lowest BCUT2D eigenvalue weighted by Crippen LogP contribution is -2.28. The molecule has 0 atom stereocenters. The summed E-state index contributed by atoms with van der Waals surface area (Å²) in [7, 11) is 0. The van der Waals surface area contributed by atoms with Gasteiger partial charge >= 0.3 is 0 Å². The van der Waals surface area contributed by atoms with E-state index < -0.39 is 0 Å². The van der Waals surface area contributed by atoms with Gasteiger partial charge in [-0.15, -0.1) is 0 Å². The van der Waals surface area contributed by atoms with E-state index in [0.717, 1.165) is 17.7 Å². The summed E-state index contributed by atoms with van der Waals surface area (Å²) in [4.78, 5) is 16.2. The third kappa shape index (κ3) is 2.82. The molecule has 1 aromatic rings. The molecule has 21 heavy (non-hydrogen) atoms. The molecule has 0 amide bonds. The second-order valence-corrected chi connectivity index (χ2v) is 5.88. The van der Waals surface area contributed by atoms with Gasteiger partial charge in [0.25, 0.3) is 0 Å². The SMILES string of the molecule is N#CC1=C(NCC2CCCCC2)c2ccncc2CC1=O. The lowest BCUT2D eigenvalue weighted by atomic mass is 9.87. The van der Waals surface area contributed by atoms with Crippen molar-refractivity contribution in [1.29, 1.82) is 5.26 Å². The number of carbonyl (C=O) groups is 1. The molecule has 1 heterocycles. The number of pyridine rings is 1. The molecule has 0 radical (unpaired) electrons. The first-order chi connectivity index (χ1) is 10.3. The monoisotopic (exact) mass is 281 g/mol. The van der Waals surface area contributed by atoms with Crippen LogP contribution < -0.4 is 5.32 Å². The summed E-state index contributed by atoms with van der Waals surface area (Å²) < 4.78 is 0. The summed E-state index contributed by atoms with van der Waals surface area (Å²) in [5, 5.41) is 12.7. The maximum Gasteiger partial charge on any atom is 0.179 e. The highest BCUT2D eigenvalue weighted by molar-refractivity contribution is 6.09. The average molecular weight is 281 g/mol. The Morgan fingerprint density at radius 2 is 2.14 bits per heavy atom. The molecule has 0 aliphatic heterocycles. The molecule has 1 saturated carbocycles. The van der Waals surface area contributed by atoms with Gasteiger partial charge in [-0.2, -0.15) is 5.26 Å². The number of nitrogens with zero attached hydrogens (tertiary/aromatic N) is 2. The Morgan fingerprint density at radius 1 is 1.33 bits per heavy atom. The molecule has 4 heteroatoms. The van der Waals surface area contributed by atoms with Crippen LogP contribution in [0.1, 0.15) is 43.2 Å². The lowest BCUT2D eigenvalue weighted by Gasteiger charge is -2.25. The first kappa shape index (κ1) is 13.8. The summed E-state index contributed by atoms with van der Waals surface area (Å²) in [6.45, 7) is 0.843. The average Bonchev–Trinajstić information content (AvgIpc) is 2.53. The second-order valence-electron chi connectivity index (χ2n) is 5.88. The zero-order valence-electron chi connectivity index (χ0n) is 12.1. The normalized spacial score (nSPS) is 19.1. The number of hydrogen-bond donors (Lipinski definition) is 1. The standard InChI is InChI=1S/C17H19N3O/c18-9-15-16(21)8-13-11-19-7-6-14(13)17(15)20-10-12-4-2-1-3-5-12/h6-7,11-12,20H,1-5,8,10H2. The number of Topliss-reactive ketones (excluding diaryl/α,β-unsaturated/α-hetero) is 1. The number of fused-ring (bicyclic) bond motifs is 1. The van der Waals surface area contributed by atoms with Gasteiger partial charge in [0, 0.05) is 30.9 Å². The number of ketones is 1. The maximum absolute atomic E-state index is 12.1. The van der Waals surface area contributed by atoms with E-state index in [2.05, 4.69) is 16.4 Å². The van der Waals surface area contributed by atoms with Gasteiger partial charge in [0.05, 0.1) is 5.70 Å². The van der Waals surface area contributed by atoms with Gasteiger partial charge in [0.15, 0.2) is 5.78 Å². The van der Waals surface area contributed by atoms with E-state index in [9.17, 15) is 10.1 Å². The number of nitriles is 1. The minimum Gasteiger partial charge on any atom is -0.383 e. The fourth-order valence-corrected chi connectivity index (χ4v) is 3.29. The van der Waals surface area contributed by atoms with Crippen LogP contribution in [0.2, 0.25) is 0 Å². The van der Waals surface area contributed by atoms with Crippen LogP contribution in [0.3, 0.4) is 0 Å². The third-order valence-corrected chi connectivity index (χ3v) is 4.46. The number of rotatable bonds is 3. The number of aromatic nitrogens is 1. The third-order valence-electron chi connectivity index (χ3n) is 4.46. The van der Waals surface area contributed by atoms with Crippen LogP contribution in [-0.4, -0.2) is 17.3 Å². The van der Waals surface area contributed by atoms with Gasteiger partial charge in [-0.05, 0) is 30.4 Å². The summed E-state index contributed by atoms with van der Waals surface area (Å²) in [6.07, 6.45) is 10.1. The van der Waals surface area contributed by atoms with Gasteiger partial charge in [-0.25, -0.2) is 0 Å². The zero-order chi connectivity index (χ0) is 14.7. The van der Waals surface area contributed by atoms with E-state index in [0.29, 0.717) is 11.6 Å². The quantitative estimate of drug-likeness (QED) is 0.925. The van der Waals surface area contributed by atoms with Crippen LogP contribution in [-0.2, 0) is 11.2 Å². The molecule has 0 bridgehead atoms. The van der Waals surface area contributed by atoms with Crippen molar-refractivity contribution in [2.45, 2.75) is 38.5 Å². The molecule has 4 nitrogen and oxygen atoms in total. The Bertz CT molecular complexity index is 621. The van der Waals surface area contributed by atoms with Crippen LogP contribution in [0.25, 0.3) is 5.70 Å². The molecule has 0 aromatic carbocycles. The smallest absolute Gasteiger partial charge is 0.179 e. The topological polar surface area (TPSA) is 65.8 Å². The second kappa shape index (κ2) is 6.09. The minimum absolute atomic E-state index is 0.107. The Labute approximate surface area is 124 Å². The molecule has 3 rings (SSSR count). The van der Waals surface area contributed by atoms with E-state index in [1.54, 1.807) is 12.4 Å². The Kier molecular flexibility index (Phi) is 4.01. The van der Waals surface area contributed by atoms with Crippen LogP contribution in [0.4, 0.5) is 0 Å². The molecule has 2 aliphatic rings. The predicted molar refractivity (Wildman–Crippen MR) is 80.1 cm³/mol. The van der Waals surface area contributed by atoms with Gasteiger partial charge in [0.1, 0.15) is 11.6 Å². The van der Waals surface area contributed by atoms with E-state index in [1.807, 2.05) is 6.07 Å². The number of allylic oxidation sites excluding steroid dienone is 1. The molecule has 108 valence electrons. The minimum atomic E-state index is -0.107. The highest BCUT2D eigenvalue weighted by atomic mass is 16.1. The molecule has 1 N–H and O–H groups in total. The van der Waals surface area contributed by atoms with Crippen LogP contribution in [0.15, 0.2) is 24.0 Å². The first-order valence-electron chi connectivity index (χ1n) is 7.64. The highest BCUT2D eigenvalue weighted by Gasteiger charge is 2.26. The highest BCUT2D eigenvalue weighted by Crippen LogP contribution is 2.28. The number of nitrogens with one attached hydrogen (secondary N) is 1. The summed E-state index contributed by atoms with van der Waals surface area (Å²) in [6, 6.07) is 3.97. The van der Waals surface area contributed by atoms with E-state index >= 15 is 0 Å². The van der Waals surface area contributed by atoms with Crippen LogP contribution in [0.5, 0.6) is 0 Å². The number of hydrogen-bond acceptors (Lipinski definition) is 4.